The number of anilines is 1. The Balaban J connectivity index is 1.97. The molecule has 1 aliphatic rings. The van der Waals surface area contributed by atoms with Gasteiger partial charge in [0.25, 0.3) is 0 Å². The van der Waals surface area contributed by atoms with Gasteiger partial charge in [-0.05, 0) is 31.4 Å². The summed E-state index contributed by atoms with van der Waals surface area (Å²) < 4.78 is 0. The number of hydrazine groups is 1. The van der Waals surface area contributed by atoms with Gasteiger partial charge in [0.15, 0.2) is 5.82 Å². The van der Waals surface area contributed by atoms with E-state index in [1.165, 1.54) is 4.90 Å². The lowest BCUT2D eigenvalue weighted by Crippen LogP contribution is -2.46. The molecule has 1 atom stereocenters. The number of likely N-dealkylation sites (tertiary alicyclic amines) is 1. The number of aromatic nitrogens is 2. The third-order valence-corrected chi connectivity index (χ3v) is 3.96. The second kappa shape index (κ2) is 6.97. The molecule has 2 amide bonds. The van der Waals surface area contributed by atoms with E-state index >= 15 is 0 Å². The van der Waals surface area contributed by atoms with Gasteiger partial charge in [-0.3, -0.25) is 15.6 Å². The van der Waals surface area contributed by atoms with Crippen molar-refractivity contribution in [1.29, 1.82) is 0 Å². The molecule has 0 bridgehead atoms. The van der Waals surface area contributed by atoms with Gasteiger partial charge in [0.2, 0.25) is 11.2 Å². The number of nitrogens with zero attached hydrogens (tertiary/aromatic N) is 3. The van der Waals surface area contributed by atoms with Crippen LogP contribution >= 0.6 is 23.2 Å². The molecule has 1 aliphatic heterocycles. The number of carbonyl (C=O) groups is 2. The molecule has 0 spiro atoms. The molecular formula is C12H15Cl2N5O3. The van der Waals surface area contributed by atoms with E-state index in [-0.39, 0.29) is 22.9 Å². The Morgan fingerprint density at radius 3 is 2.77 bits per heavy atom. The van der Waals surface area contributed by atoms with Crippen LogP contribution in [0.5, 0.6) is 0 Å². The molecule has 1 aromatic heterocycles. The molecule has 10 heteroatoms. The van der Waals surface area contributed by atoms with E-state index in [9.17, 15) is 9.59 Å². The molecule has 2 heterocycles. The van der Waals surface area contributed by atoms with Crippen molar-refractivity contribution in [3.05, 3.63) is 16.0 Å². The molecule has 0 saturated carbocycles. The maximum Gasteiger partial charge on any atom is 0.407 e. The van der Waals surface area contributed by atoms with E-state index < -0.39 is 12.0 Å². The average Bonchev–Trinajstić information content (AvgIpc) is 2.49. The van der Waals surface area contributed by atoms with Crippen molar-refractivity contribution in [3.8, 4) is 0 Å². The van der Waals surface area contributed by atoms with Crippen molar-refractivity contribution in [1.82, 2.24) is 20.3 Å². The number of hydrogen-bond acceptors (Lipinski definition) is 5. The molecular weight excluding hydrogens is 333 g/mol. The average molecular weight is 348 g/mol. The topological polar surface area (TPSA) is 107 Å². The standard InChI is InChI=1S/C12H15Cl2N5O3/c1-6-8(13)15-11(14)16-9(6)17-18-10(20)7-3-2-4-19(5-7)12(21)22/h7H,2-5H2,1H3,(H,18,20)(H,21,22)(H,15,16,17)/t7-/m0/s1. The lowest BCUT2D eigenvalue weighted by Gasteiger charge is -2.29. The molecule has 0 aliphatic carbocycles. The molecule has 2 rings (SSSR count). The van der Waals surface area contributed by atoms with Crippen molar-refractivity contribution in [3.63, 3.8) is 0 Å². The van der Waals surface area contributed by atoms with Gasteiger partial charge < -0.3 is 10.0 Å². The fourth-order valence-electron chi connectivity index (χ4n) is 2.17. The van der Waals surface area contributed by atoms with Gasteiger partial charge in [0.1, 0.15) is 5.15 Å². The summed E-state index contributed by atoms with van der Waals surface area (Å²) in [5.74, 6) is -0.425. The van der Waals surface area contributed by atoms with Crippen molar-refractivity contribution >= 4 is 41.0 Å². The van der Waals surface area contributed by atoms with Crippen molar-refractivity contribution in [2.24, 2.45) is 5.92 Å². The van der Waals surface area contributed by atoms with Crippen LogP contribution in [-0.2, 0) is 4.79 Å². The Morgan fingerprint density at radius 2 is 2.09 bits per heavy atom. The summed E-state index contributed by atoms with van der Waals surface area (Å²) in [7, 11) is 0. The molecule has 8 nitrogen and oxygen atoms in total. The molecule has 3 N–H and O–H groups in total. The highest BCUT2D eigenvalue weighted by Gasteiger charge is 2.28. The normalized spacial score (nSPS) is 18.0. The number of carbonyl (C=O) groups excluding carboxylic acids is 1. The summed E-state index contributed by atoms with van der Waals surface area (Å²) in [5, 5.41) is 9.12. The predicted molar refractivity (Wildman–Crippen MR) is 80.9 cm³/mol. The largest absolute Gasteiger partial charge is 0.465 e. The molecule has 1 fully saturated rings. The number of hydrogen-bond donors (Lipinski definition) is 3. The highest BCUT2D eigenvalue weighted by Crippen LogP contribution is 2.21. The summed E-state index contributed by atoms with van der Waals surface area (Å²) in [6, 6.07) is 0. The summed E-state index contributed by atoms with van der Waals surface area (Å²) in [6.07, 6.45) is 0.256. The number of halogens is 2. The van der Waals surface area contributed by atoms with E-state index in [0.717, 1.165) is 0 Å². The van der Waals surface area contributed by atoms with Crippen LogP contribution in [0.25, 0.3) is 0 Å². The molecule has 0 radical (unpaired) electrons. The maximum absolute atomic E-state index is 12.1. The van der Waals surface area contributed by atoms with Gasteiger partial charge in [0, 0.05) is 18.7 Å². The highest BCUT2D eigenvalue weighted by atomic mass is 35.5. The first-order valence-electron chi connectivity index (χ1n) is 6.62. The zero-order valence-corrected chi connectivity index (χ0v) is 13.3. The van der Waals surface area contributed by atoms with Gasteiger partial charge in [0.05, 0.1) is 5.92 Å². The predicted octanol–water partition coefficient (Wildman–Crippen LogP) is 1.92. The molecule has 0 aromatic carbocycles. The zero-order chi connectivity index (χ0) is 16.3. The van der Waals surface area contributed by atoms with Crippen LogP contribution in [0.3, 0.4) is 0 Å². The van der Waals surface area contributed by atoms with Crippen LogP contribution in [0.15, 0.2) is 0 Å². The van der Waals surface area contributed by atoms with E-state index in [2.05, 4.69) is 20.8 Å². The van der Waals surface area contributed by atoms with Crippen molar-refractivity contribution < 1.29 is 14.7 Å². The molecule has 1 saturated heterocycles. The van der Waals surface area contributed by atoms with Gasteiger partial charge in [-0.1, -0.05) is 11.6 Å². The Bertz CT molecular complexity index is 598. The number of rotatable bonds is 3. The minimum atomic E-state index is -1.02. The van der Waals surface area contributed by atoms with Crippen molar-refractivity contribution in [2.75, 3.05) is 18.5 Å². The summed E-state index contributed by atoms with van der Waals surface area (Å²) in [6.45, 7) is 2.30. The van der Waals surface area contributed by atoms with Crippen LogP contribution in [-0.4, -0.2) is 45.1 Å². The van der Waals surface area contributed by atoms with Gasteiger partial charge in [-0.15, -0.1) is 0 Å². The second-order valence-electron chi connectivity index (χ2n) is 4.94. The van der Waals surface area contributed by atoms with E-state index in [0.29, 0.717) is 30.8 Å². The number of nitrogens with one attached hydrogen (secondary N) is 2. The Kier molecular flexibility index (Phi) is 5.25. The lowest BCUT2D eigenvalue weighted by molar-refractivity contribution is -0.125. The molecule has 22 heavy (non-hydrogen) atoms. The first-order valence-corrected chi connectivity index (χ1v) is 7.37. The summed E-state index contributed by atoms with van der Waals surface area (Å²) in [5.41, 5.74) is 5.70. The monoisotopic (exact) mass is 347 g/mol. The van der Waals surface area contributed by atoms with E-state index in [1.807, 2.05) is 0 Å². The van der Waals surface area contributed by atoms with Gasteiger partial charge >= 0.3 is 6.09 Å². The number of carboxylic acid groups (broad SMARTS) is 1. The minimum Gasteiger partial charge on any atom is -0.465 e. The van der Waals surface area contributed by atoms with Crippen LogP contribution in [0.2, 0.25) is 10.4 Å². The van der Waals surface area contributed by atoms with Crippen molar-refractivity contribution in [2.45, 2.75) is 19.8 Å². The first-order chi connectivity index (χ1) is 10.4. The lowest BCUT2D eigenvalue weighted by atomic mass is 9.98. The van der Waals surface area contributed by atoms with E-state index in [1.54, 1.807) is 6.92 Å². The van der Waals surface area contributed by atoms with Crippen LogP contribution < -0.4 is 10.9 Å². The molecule has 120 valence electrons. The smallest absolute Gasteiger partial charge is 0.407 e. The summed E-state index contributed by atoms with van der Waals surface area (Å²) >= 11 is 11.6. The van der Waals surface area contributed by atoms with Gasteiger partial charge in [-0.25, -0.2) is 9.78 Å². The highest BCUT2D eigenvalue weighted by molar-refractivity contribution is 6.32. The number of amides is 2. The molecule has 0 unspecified atom stereocenters. The van der Waals surface area contributed by atoms with Crippen LogP contribution in [0.4, 0.5) is 10.6 Å². The van der Waals surface area contributed by atoms with Gasteiger partial charge in [-0.2, -0.15) is 4.98 Å². The Labute approximate surface area is 136 Å². The maximum atomic E-state index is 12.1. The third-order valence-electron chi connectivity index (χ3n) is 3.43. The number of piperidine rings is 1. The fourth-order valence-corrected chi connectivity index (χ4v) is 2.55. The second-order valence-corrected chi connectivity index (χ2v) is 5.64. The zero-order valence-electron chi connectivity index (χ0n) is 11.8. The molecule has 1 aromatic rings. The summed E-state index contributed by atoms with van der Waals surface area (Å²) in [4.78, 5) is 32.0. The minimum absolute atomic E-state index is 0.0398. The third kappa shape index (κ3) is 3.89. The van der Waals surface area contributed by atoms with Crippen LogP contribution in [0.1, 0.15) is 18.4 Å². The van der Waals surface area contributed by atoms with E-state index in [4.69, 9.17) is 28.3 Å². The Hall–Kier alpha value is -1.80. The fraction of sp³-hybridized carbons (Fsp3) is 0.500. The first kappa shape index (κ1) is 16.6. The SMILES string of the molecule is Cc1c(Cl)nc(Cl)nc1NNC(=O)[C@H]1CCCN(C(=O)O)C1. The Morgan fingerprint density at radius 1 is 1.36 bits per heavy atom. The quantitative estimate of drug-likeness (QED) is 0.438. The van der Waals surface area contributed by atoms with Crippen LogP contribution in [0, 0.1) is 12.8 Å².